The highest BCUT2D eigenvalue weighted by Gasteiger charge is 2.21. The van der Waals surface area contributed by atoms with E-state index in [-0.39, 0.29) is 6.03 Å². The summed E-state index contributed by atoms with van der Waals surface area (Å²) in [6, 6.07) is 11.6. The third-order valence-corrected chi connectivity index (χ3v) is 5.35. The van der Waals surface area contributed by atoms with E-state index in [4.69, 9.17) is 4.42 Å². The van der Waals surface area contributed by atoms with Gasteiger partial charge in [0.1, 0.15) is 5.76 Å². The topological polar surface area (TPSA) is 74.5 Å². The van der Waals surface area contributed by atoms with Crippen LogP contribution in [-0.4, -0.2) is 52.5 Å². The van der Waals surface area contributed by atoms with Crippen LogP contribution in [0.15, 0.2) is 53.3 Å². The molecular formula is C22H27N5O2. The van der Waals surface area contributed by atoms with Crippen molar-refractivity contribution >= 4 is 17.1 Å². The first kappa shape index (κ1) is 19.4. The number of carbonyl (C=O) groups is 1. The van der Waals surface area contributed by atoms with E-state index in [0.717, 1.165) is 55.0 Å². The lowest BCUT2D eigenvalue weighted by Crippen LogP contribution is -2.43. The molecule has 1 aliphatic heterocycles. The molecular weight excluding hydrogens is 366 g/mol. The number of rotatable bonds is 6. The lowest BCUT2D eigenvalue weighted by Gasteiger charge is -2.32. The van der Waals surface area contributed by atoms with Crippen molar-refractivity contribution in [3.63, 3.8) is 0 Å². The van der Waals surface area contributed by atoms with Crippen molar-refractivity contribution in [3.05, 3.63) is 60.3 Å². The minimum absolute atomic E-state index is 0.0804. The highest BCUT2D eigenvalue weighted by molar-refractivity contribution is 5.75. The fraction of sp³-hybridized carbons (Fsp3) is 0.409. The van der Waals surface area contributed by atoms with Crippen molar-refractivity contribution in [2.75, 3.05) is 26.7 Å². The highest BCUT2D eigenvalue weighted by atomic mass is 16.3. The van der Waals surface area contributed by atoms with Crippen molar-refractivity contribution in [1.82, 2.24) is 25.1 Å². The lowest BCUT2D eigenvalue weighted by atomic mass is 9.98. The molecule has 2 aromatic heterocycles. The number of amides is 2. The Labute approximate surface area is 170 Å². The number of fused-ring (bicyclic) bond motifs is 1. The third-order valence-electron chi connectivity index (χ3n) is 5.35. The second-order valence-corrected chi connectivity index (χ2v) is 7.71. The number of furan rings is 1. The van der Waals surface area contributed by atoms with Gasteiger partial charge in [0.05, 0.1) is 42.3 Å². The predicted molar refractivity (Wildman–Crippen MR) is 111 cm³/mol. The lowest BCUT2D eigenvalue weighted by molar-refractivity contribution is 0.152. The molecule has 152 valence electrons. The molecule has 0 unspecified atom stereocenters. The first-order valence-corrected chi connectivity index (χ1v) is 10.1. The number of benzene rings is 1. The second kappa shape index (κ2) is 9.05. The van der Waals surface area contributed by atoms with Crippen LogP contribution < -0.4 is 5.32 Å². The maximum absolute atomic E-state index is 12.5. The van der Waals surface area contributed by atoms with Crippen molar-refractivity contribution in [2.45, 2.75) is 25.9 Å². The molecule has 0 bridgehead atoms. The quantitative estimate of drug-likeness (QED) is 0.696. The first-order valence-electron chi connectivity index (χ1n) is 10.1. The van der Waals surface area contributed by atoms with Gasteiger partial charge in [0.15, 0.2) is 0 Å². The molecule has 29 heavy (non-hydrogen) atoms. The number of urea groups is 1. The van der Waals surface area contributed by atoms with E-state index in [1.807, 2.05) is 36.4 Å². The fourth-order valence-corrected chi connectivity index (χ4v) is 3.84. The van der Waals surface area contributed by atoms with Gasteiger partial charge in [0.2, 0.25) is 0 Å². The molecule has 1 aromatic carbocycles. The zero-order valence-electron chi connectivity index (χ0n) is 16.8. The van der Waals surface area contributed by atoms with E-state index < -0.39 is 0 Å². The smallest absolute Gasteiger partial charge is 0.317 e. The Kier molecular flexibility index (Phi) is 6.05. The Morgan fingerprint density at radius 3 is 2.97 bits per heavy atom. The zero-order valence-corrected chi connectivity index (χ0v) is 16.8. The van der Waals surface area contributed by atoms with Gasteiger partial charge in [0, 0.05) is 20.1 Å². The molecule has 7 nitrogen and oxygen atoms in total. The van der Waals surface area contributed by atoms with Crippen molar-refractivity contribution in [3.8, 4) is 0 Å². The molecule has 3 heterocycles. The molecule has 3 aromatic rings. The molecule has 7 heteroatoms. The number of aromatic nitrogens is 2. The predicted octanol–water partition coefficient (Wildman–Crippen LogP) is 3.28. The number of nitrogens with one attached hydrogen (secondary N) is 1. The van der Waals surface area contributed by atoms with E-state index >= 15 is 0 Å². The summed E-state index contributed by atoms with van der Waals surface area (Å²) >= 11 is 0. The van der Waals surface area contributed by atoms with Crippen molar-refractivity contribution in [2.24, 2.45) is 5.92 Å². The van der Waals surface area contributed by atoms with Crippen LogP contribution in [0.25, 0.3) is 11.0 Å². The largest absolute Gasteiger partial charge is 0.468 e. The summed E-state index contributed by atoms with van der Waals surface area (Å²) in [6.07, 6.45) is 5.73. The van der Waals surface area contributed by atoms with Crippen molar-refractivity contribution < 1.29 is 9.21 Å². The number of hydrogen-bond acceptors (Lipinski definition) is 5. The van der Waals surface area contributed by atoms with Gasteiger partial charge in [-0.25, -0.2) is 9.78 Å². The van der Waals surface area contributed by atoms with Gasteiger partial charge in [-0.15, -0.1) is 0 Å². The Morgan fingerprint density at radius 2 is 2.14 bits per heavy atom. The molecule has 1 atom stereocenters. The first-order chi connectivity index (χ1) is 14.2. The summed E-state index contributed by atoms with van der Waals surface area (Å²) in [5, 5.41) is 3.08. The van der Waals surface area contributed by atoms with Crippen LogP contribution in [0, 0.1) is 5.92 Å². The summed E-state index contributed by atoms with van der Waals surface area (Å²) in [5.74, 6) is 1.45. The van der Waals surface area contributed by atoms with E-state index in [0.29, 0.717) is 19.0 Å². The van der Waals surface area contributed by atoms with Gasteiger partial charge in [-0.3, -0.25) is 9.88 Å². The Morgan fingerprint density at radius 1 is 1.28 bits per heavy atom. The minimum atomic E-state index is -0.0804. The molecule has 0 saturated carbocycles. The summed E-state index contributed by atoms with van der Waals surface area (Å²) in [5.41, 5.74) is 2.49. The van der Waals surface area contributed by atoms with Gasteiger partial charge in [-0.05, 0) is 49.6 Å². The van der Waals surface area contributed by atoms with Crippen molar-refractivity contribution in [1.29, 1.82) is 0 Å². The minimum Gasteiger partial charge on any atom is -0.468 e. The van der Waals surface area contributed by atoms with Gasteiger partial charge >= 0.3 is 6.03 Å². The summed E-state index contributed by atoms with van der Waals surface area (Å²) in [6.45, 7) is 3.99. The maximum Gasteiger partial charge on any atom is 0.317 e. The van der Waals surface area contributed by atoms with Crippen LogP contribution in [0.1, 0.15) is 24.3 Å². The molecule has 1 aliphatic rings. The van der Waals surface area contributed by atoms with Crippen LogP contribution >= 0.6 is 0 Å². The number of para-hydroxylation sites is 2. The van der Waals surface area contributed by atoms with E-state index in [2.05, 4.69) is 20.2 Å². The van der Waals surface area contributed by atoms with E-state index in [1.54, 1.807) is 24.4 Å². The molecule has 0 aliphatic carbocycles. The average Bonchev–Trinajstić information content (AvgIpc) is 3.25. The van der Waals surface area contributed by atoms with Crippen LogP contribution in [0.3, 0.4) is 0 Å². The van der Waals surface area contributed by atoms with Gasteiger partial charge in [-0.2, -0.15) is 0 Å². The number of hydrogen-bond donors (Lipinski definition) is 1. The molecule has 4 rings (SSSR count). The number of nitrogens with zero attached hydrogens (tertiary/aromatic N) is 4. The molecule has 1 saturated heterocycles. The number of carbonyl (C=O) groups excluding carboxylic acids is 1. The fourth-order valence-electron chi connectivity index (χ4n) is 3.84. The Bertz CT molecular complexity index is 943. The Hall–Kier alpha value is -2.93. The van der Waals surface area contributed by atoms with Crippen LogP contribution in [0.5, 0.6) is 0 Å². The summed E-state index contributed by atoms with van der Waals surface area (Å²) in [4.78, 5) is 25.6. The standard InChI is InChI=1S/C22H27N5O2/c1-26(15-18-13-23-20-8-2-3-9-21(20)25-18)22(28)24-12-17-6-4-10-27(14-17)16-19-7-5-11-29-19/h2-3,5,7-9,11,13,17H,4,6,10,12,14-16H2,1H3,(H,24,28)/t17-/m0/s1. The number of likely N-dealkylation sites (tertiary alicyclic amines) is 1. The third kappa shape index (κ3) is 5.12. The molecule has 1 N–H and O–H groups in total. The maximum atomic E-state index is 12.5. The summed E-state index contributed by atoms with van der Waals surface area (Å²) < 4.78 is 5.46. The second-order valence-electron chi connectivity index (χ2n) is 7.71. The average molecular weight is 393 g/mol. The van der Waals surface area contributed by atoms with Crippen LogP contribution in [0.4, 0.5) is 4.79 Å². The normalized spacial score (nSPS) is 17.3. The van der Waals surface area contributed by atoms with Crippen LogP contribution in [-0.2, 0) is 13.1 Å². The Balaban J connectivity index is 1.26. The molecule has 1 fully saturated rings. The molecule has 0 spiro atoms. The van der Waals surface area contributed by atoms with Gasteiger partial charge in [0.25, 0.3) is 0 Å². The van der Waals surface area contributed by atoms with Crippen LogP contribution in [0.2, 0.25) is 0 Å². The summed E-state index contributed by atoms with van der Waals surface area (Å²) in [7, 11) is 1.79. The monoisotopic (exact) mass is 393 g/mol. The number of piperidine rings is 1. The van der Waals surface area contributed by atoms with E-state index in [1.165, 1.54) is 0 Å². The zero-order chi connectivity index (χ0) is 20.1. The SMILES string of the molecule is CN(Cc1cnc2ccccc2n1)C(=O)NC[C@@H]1CCCN(Cc2ccco2)C1. The van der Waals surface area contributed by atoms with Gasteiger partial charge in [-0.1, -0.05) is 12.1 Å². The molecule has 2 amide bonds. The van der Waals surface area contributed by atoms with E-state index in [9.17, 15) is 4.79 Å². The molecule has 0 radical (unpaired) electrons. The van der Waals surface area contributed by atoms with Gasteiger partial charge < -0.3 is 14.6 Å². The highest BCUT2D eigenvalue weighted by Crippen LogP contribution is 2.18.